The molecular weight excluding hydrogens is 392 g/mol. The number of nitrogens with zero attached hydrogens (tertiary/aromatic N) is 4. The third-order valence-electron chi connectivity index (χ3n) is 5.33. The number of aryl methyl sites for hydroxylation is 3. The summed E-state index contributed by atoms with van der Waals surface area (Å²) in [5, 5.41) is 9.93. The van der Waals surface area contributed by atoms with E-state index >= 15 is 0 Å². The monoisotopic (exact) mass is 418 g/mol. The highest BCUT2D eigenvalue weighted by Crippen LogP contribution is 2.30. The van der Waals surface area contributed by atoms with Gasteiger partial charge in [-0.15, -0.1) is 0 Å². The molecule has 0 bridgehead atoms. The van der Waals surface area contributed by atoms with Crippen molar-refractivity contribution in [3.63, 3.8) is 0 Å². The molecule has 0 aliphatic rings. The molecule has 0 saturated carbocycles. The second kappa shape index (κ2) is 8.63. The number of esters is 1. The molecule has 0 unspecified atom stereocenters. The van der Waals surface area contributed by atoms with Gasteiger partial charge in [0, 0.05) is 24.5 Å². The Morgan fingerprint density at radius 2 is 1.97 bits per heavy atom. The summed E-state index contributed by atoms with van der Waals surface area (Å²) < 4.78 is 14.7. The fourth-order valence-corrected chi connectivity index (χ4v) is 3.68. The van der Waals surface area contributed by atoms with Crippen LogP contribution in [0.4, 0.5) is 0 Å². The highest BCUT2D eigenvalue weighted by molar-refractivity contribution is 5.79. The number of rotatable bonds is 7. The van der Waals surface area contributed by atoms with Crippen LogP contribution in [0.2, 0.25) is 0 Å². The van der Waals surface area contributed by atoms with Gasteiger partial charge in [0.1, 0.15) is 12.4 Å². The molecule has 0 saturated heterocycles. The summed E-state index contributed by atoms with van der Waals surface area (Å²) >= 11 is 0. The molecule has 0 radical (unpaired) electrons. The molecular formula is C24H26N4O3. The average molecular weight is 418 g/mol. The van der Waals surface area contributed by atoms with Crippen LogP contribution in [0.5, 0.6) is 5.75 Å². The molecule has 160 valence electrons. The van der Waals surface area contributed by atoms with E-state index in [4.69, 9.17) is 9.47 Å². The summed E-state index contributed by atoms with van der Waals surface area (Å²) in [5.74, 6) is 0.476. The van der Waals surface area contributed by atoms with Crippen LogP contribution in [0.25, 0.3) is 22.2 Å². The fraction of sp³-hybridized carbons (Fsp3) is 0.292. The van der Waals surface area contributed by atoms with Gasteiger partial charge >= 0.3 is 5.97 Å². The number of carbonyl (C=O) groups excluding carboxylic acids is 1. The normalized spacial score (nSPS) is 11.1. The lowest BCUT2D eigenvalue weighted by molar-refractivity contribution is -0.144. The van der Waals surface area contributed by atoms with E-state index in [1.165, 1.54) is 0 Å². The maximum atomic E-state index is 12.5. The van der Waals surface area contributed by atoms with Gasteiger partial charge in [0.2, 0.25) is 0 Å². The first-order valence-electron chi connectivity index (χ1n) is 10.3. The number of benzene rings is 2. The van der Waals surface area contributed by atoms with E-state index in [0.717, 1.165) is 44.7 Å². The van der Waals surface area contributed by atoms with E-state index in [9.17, 15) is 4.79 Å². The molecule has 0 amide bonds. The Bertz CT molecular complexity index is 1240. The summed E-state index contributed by atoms with van der Waals surface area (Å²) in [6, 6.07) is 13.9. The molecule has 0 fully saturated rings. The number of ether oxygens (including phenoxy) is 2. The van der Waals surface area contributed by atoms with Crippen LogP contribution in [0.15, 0.2) is 48.7 Å². The van der Waals surface area contributed by atoms with E-state index in [2.05, 4.69) is 10.2 Å². The van der Waals surface area contributed by atoms with Crippen LogP contribution in [-0.4, -0.2) is 32.6 Å². The molecule has 2 heterocycles. The number of methoxy groups -OCH3 is 1. The second-order valence-corrected chi connectivity index (χ2v) is 7.54. The number of hydrogen-bond donors (Lipinski definition) is 0. The number of fused-ring (bicyclic) bond motifs is 1. The van der Waals surface area contributed by atoms with Crippen molar-refractivity contribution in [2.45, 2.75) is 33.4 Å². The molecule has 2 aromatic heterocycles. The molecule has 31 heavy (non-hydrogen) atoms. The minimum Gasteiger partial charge on any atom is -0.496 e. The van der Waals surface area contributed by atoms with Crippen LogP contribution < -0.4 is 4.74 Å². The predicted molar refractivity (Wildman–Crippen MR) is 119 cm³/mol. The zero-order valence-electron chi connectivity index (χ0n) is 18.3. The van der Waals surface area contributed by atoms with Crippen LogP contribution in [0, 0.1) is 6.92 Å². The molecule has 0 spiro atoms. The number of aromatic nitrogens is 4. The van der Waals surface area contributed by atoms with Gasteiger partial charge in [-0.3, -0.25) is 14.2 Å². The third-order valence-corrected chi connectivity index (χ3v) is 5.33. The maximum Gasteiger partial charge on any atom is 0.312 e. The lowest BCUT2D eigenvalue weighted by Crippen LogP contribution is -2.12. The first-order valence-corrected chi connectivity index (χ1v) is 10.3. The van der Waals surface area contributed by atoms with Gasteiger partial charge in [0.25, 0.3) is 0 Å². The van der Waals surface area contributed by atoms with Gasteiger partial charge in [-0.25, -0.2) is 0 Å². The van der Waals surface area contributed by atoms with Crippen molar-refractivity contribution in [1.82, 2.24) is 19.6 Å². The van der Waals surface area contributed by atoms with Crippen molar-refractivity contribution in [2.75, 3.05) is 7.11 Å². The Hall–Kier alpha value is -3.61. The smallest absolute Gasteiger partial charge is 0.312 e. The minimum absolute atomic E-state index is 0.157. The van der Waals surface area contributed by atoms with E-state index in [1.807, 2.05) is 72.7 Å². The van der Waals surface area contributed by atoms with E-state index in [1.54, 1.807) is 13.3 Å². The van der Waals surface area contributed by atoms with E-state index in [0.29, 0.717) is 6.54 Å². The molecule has 7 nitrogen and oxygen atoms in total. The quantitative estimate of drug-likeness (QED) is 0.423. The zero-order valence-corrected chi connectivity index (χ0v) is 18.3. The Morgan fingerprint density at radius 3 is 2.74 bits per heavy atom. The van der Waals surface area contributed by atoms with Gasteiger partial charge in [-0.05, 0) is 55.3 Å². The second-order valence-electron chi connectivity index (χ2n) is 7.54. The van der Waals surface area contributed by atoms with Crippen molar-refractivity contribution in [3.05, 3.63) is 65.5 Å². The molecule has 7 heteroatoms. The topological polar surface area (TPSA) is 71.2 Å². The highest BCUT2D eigenvalue weighted by Gasteiger charge is 2.16. The van der Waals surface area contributed by atoms with Crippen LogP contribution in [0.3, 0.4) is 0 Å². The average Bonchev–Trinajstić information content (AvgIpc) is 3.35. The SMILES string of the molecule is CCn1nc(-c2ccc(C)cc2OC)cc1CC(=O)OCc1ccc2c(cnn2C)c1. The van der Waals surface area contributed by atoms with Crippen LogP contribution in [0.1, 0.15) is 23.7 Å². The lowest BCUT2D eigenvalue weighted by Gasteiger charge is -2.07. The zero-order chi connectivity index (χ0) is 22.0. The van der Waals surface area contributed by atoms with Crippen molar-refractivity contribution in [3.8, 4) is 17.0 Å². The Balaban J connectivity index is 1.47. The Morgan fingerprint density at radius 1 is 1.13 bits per heavy atom. The van der Waals surface area contributed by atoms with Crippen LogP contribution in [-0.2, 0) is 36.2 Å². The van der Waals surface area contributed by atoms with Gasteiger partial charge < -0.3 is 9.47 Å². The number of carbonyl (C=O) groups is 1. The standard InChI is InChI=1S/C24H26N4O3/c1-5-28-19(12-21(26-28)20-8-6-16(2)10-23(20)30-4)13-24(29)31-15-17-7-9-22-18(11-17)14-25-27(22)3/h6-12,14H,5,13,15H2,1-4H3. The first-order chi connectivity index (χ1) is 15.0. The molecule has 0 atom stereocenters. The summed E-state index contributed by atoms with van der Waals surface area (Å²) in [6.07, 6.45) is 1.96. The summed E-state index contributed by atoms with van der Waals surface area (Å²) in [4.78, 5) is 12.5. The van der Waals surface area contributed by atoms with Crippen molar-refractivity contribution >= 4 is 16.9 Å². The van der Waals surface area contributed by atoms with Gasteiger partial charge in [0.15, 0.2) is 0 Å². The largest absolute Gasteiger partial charge is 0.496 e. The fourth-order valence-electron chi connectivity index (χ4n) is 3.68. The lowest BCUT2D eigenvalue weighted by atomic mass is 10.1. The van der Waals surface area contributed by atoms with Gasteiger partial charge in [0.05, 0.1) is 36.6 Å². The molecule has 0 aliphatic carbocycles. The summed E-state index contributed by atoms with van der Waals surface area (Å²) in [5.41, 5.74) is 5.59. The molecule has 0 N–H and O–H groups in total. The Labute approximate surface area is 181 Å². The minimum atomic E-state index is -0.289. The molecule has 4 aromatic rings. The molecule has 2 aromatic carbocycles. The van der Waals surface area contributed by atoms with Crippen LogP contribution >= 0.6 is 0 Å². The maximum absolute atomic E-state index is 12.5. The van der Waals surface area contributed by atoms with Crippen molar-refractivity contribution in [2.24, 2.45) is 7.05 Å². The van der Waals surface area contributed by atoms with Gasteiger partial charge in [-0.2, -0.15) is 10.2 Å². The predicted octanol–water partition coefficient (Wildman–Crippen LogP) is 4.06. The Kier molecular flexibility index (Phi) is 5.75. The van der Waals surface area contributed by atoms with Crippen molar-refractivity contribution in [1.29, 1.82) is 0 Å². The molecule has 4 rings (SSSR count). The third kappa shape index (κ3) is 4.30. The summed E-state index contributed by atoms with van der Waals surface area (Å²) in [7, 11) is 3.55. The highest BCUT2D eigenvalue weighted by atomic mass is 16.5. The first kappa shape index (κ1) is 20.7. The van der Waals surface area contributed by atoms with E-state index in [-0.39, 0.29) is 19.0 Å². The number of hydrogen-bond acceptors (Lipinski definition) is 5. The summed E-state index contributed by atoms with van der Waals surface area (Å²) in [6.45, 7) is 4.91. The molecule has 0 aliphatic heterocycles. The van der Waals surface area contributed by atoms with Crippen molar-refractivity contribution < 1.29 is 14.3 Å². The van der Waals surface area contributed by atoms with E-state index < -0.39 is 0 Å². The van der Waals surface area contributed by atoms with Gasteiger partial charge in [-0.1, -0.05) is 12.1 Å².